The van der Waals surface area contributed by atoms with Crippen LogP contribution < -0.4 is 10.6 Å². The van der Waals surface area contributed by atoms with E-state index in [-0.39, 0.29) is 11.7 Å². The standard InChI is InChI=1S/C29H37N3O4S/c1-6-8-18-32(27(34)24(20-37)31-28(35)36-29(3,4)5)25(23-16-14-21(7-2)15-17-23)26(33)30-19-22-12-10-9-11-13-22/h2,9-17,24-25,37H,6,8,18-20H2,1,3-5H3,(H,30,33)(H,31,35). The molecule has 2 rings (SSSR count). The number of benzene rings is 2. The van der Waals surface area contributed by atoms with Crippen molar-refractivity contribution in [3.05, 3.63) is 71.3 Å². The molecule has 0 saturated heterocycles. The lowest BCUT2D eigenvalue weighted by Gasteiger charge is -2.34. The summed E-state index contributed by atoms with van der Waals surface area (Å²) in [5, 5.41) is 5.58. The molecule has 0 bridgehead atoms. The summed E-state index contributed by atoms with van der Waals surface area (Å²) in [5.41, 5.74) is 1.49. The van der Waals surface area contributed by atoms with Crippen molar-refractivity contribution < 1.29 is 19.1 Å². The van der Waals surface area contributed by atoms with E-state index >= 15 is 0 Å². The van der Waals surface area contributed by atoms with Gasteiger partial charge in [-0.05, 0) is 50.5 Å². The summed E-state index contributed by atoms with van der Waals surface area (Å²) < 4.78 is 5.33. The lowest BCUT2D eigenvalue weighted by molar-refractivity contribution is -0.142. The third-order valence-electron chi connectivity index (χ3n) is 5.47. The van der Waals surface area contributed by atoms with E-state index < -0.39 is 29.7 Å². The second-order valence-electron chi connectivity index (χ2n) is 9.64. The number of ether oxygens (including phenoxy) is 1. The van der Waals surface area contributed by atoms with Crippen LogP contribution in [-0.4, -0.2) is 46.7 Å². The second kappa shape index (κ2) is 14.3. The summed E-state index contributed by atoms with van der Waals surface area (Å²) in [6.07, 6.45) is 6.27. The molecule has 0 radical (unpaired) electrons. The number of nitrogens with zero attached hydrogens (tertiary/aromatic N) is 1. The molecule has 2 atom stereocenters. The second-order valence-corrected chi connectivity index (χ2v) is 10.0. The van der Waals surface area contributed by atoms with Crippen LogP contribution in [0.3, 0.4) is 0 Å². The zero-order valence-corrected chi connectivity index (χ0v) is 22.9. The Morgan fingerprint density at radius 1 is 1.08 bits per heavy atom. The number of alkyl carbamates (subject to hydrolysis) is 1. The first-order valence-electron chi connectivity index (χ1n) is 12.4. The van der Waals surface area contributed by atoms with Gasteiger partial charge in [0.05, 0.1) is 0 Å². The van der Waals surface area contributed by atoms with Crippen molar-refractivity contribution in [2.24, 2.45) is 0 Å². The summed E-state index contributed by atoms with van der Waals surface area (Å²) in [6.45, 7) is 7.85. The first-order valence-corrected chi connectivity index (χ1v) is 13.0. The van der Waals surface area contributed by atoms with Gasteiger partial charge in [0.15, 0.2) is 0 Å². The Morgan fingerprint density at radius 3 is 2.27 bits per heavy atom. The van der Waals surface area contributed by atoms with Crippen molar-refractivity contribution in [3.8, 4) is 12.3 Å². The van der Waals surface area contributed by atoms with E-state index in [1.54, 1.807) is 45.0 Å². The lowest BCUT2D eigenvalue weighted by Crippen LogP contribution is -2.54. The Balaban J connectivity index is 2.40. The molecule has 2 aromatic carbocycles. The Kier molecular flexibility index (Phi) is 11.5. The molecule has 0 heterocycles. The first-order chi connectivity index (χ1) is 17.6. The molecule has 0 fully saturated rings. The number of thiol groups is 1. The van der Waals surface area contributed by atoms with Crippen molar-refractivity contribution in [2.75, 3.05) is 12.3 Å². The minimum absolute atomic E-state index is 0.0368. The summed E-state index contributed by atoms with van der Waals surface area (Å²) in [6, 6.07) is 14.6. The zero-order chi connectivity index (χ0) is 27.4. The number of rotatable bonds is 11. The smallest absolute Gasteiger partial charge is 0.408 e. The predicted molar refractivity (Wildman–Crippen MR) is 149 cm³/mol. The van der Waals surface area contributed by atoms with Crippen LogP contribution in [-0.2, 0) is 20.9 Å². The molecule has 2 aromatic rings. The van der Waals surface area contributed by atoms with E-state index in [2.05, 4.69) is 29.2 Å². The van der Waals surface area contributed by atoms with Gasteiger partial charge in [-0.25, -0.2) is 4.79 Å². The molecular formula is C29H37N3O4S. The molecule has 2 N–H and O–H groups in total. The number of hydrogen-bond acceptors (Lipinski definition) is 5. The van der Waals surface area contributed by atoms with Crippen LogP contribution in [0.5, 0.6) is 0 Å². The maximum absolute atomic E-state index is 13.8. The Morgan fingerprint density at radius 2 is 1.73 bits per heavy atom. The van der Waals surface area contributed by atoms with Crippen molar-refractivity contribution in [3.63, 3.8) is 0 Å². The minimum atomic E-state index is -0.982. The van der Waals surface area contributed by atoms with Crippen LogP contribution >= 0.6 is 12.6 Å². The number of hydrogen-bond donors (Lipinski definition) is 3. The molecule has 0 aliphatic rings. The molecule has 2 unspecified atom stereocenters. The fourth-order valence-electron chi connectivity index (χ4n) is 3.65. The summed E-state index contributed by atoms with van der Waals surface area (Å²) >= 11 is 4.31. The van der Waals surface area contributed by atoms with E-state index in [1.807, 2.05) is 37.3 Å². The Labute approximate surface area is 225 Å². The van der Waals surface area contributed by atoms with Crippen LogP contribution in [0.15, 0.2) is 54.6 Å². The van der Waals surface area contributed by atoms with Crippen LogP contribution in [0.25, 0.3) is 0 Å². The summed E-state index contributed by atoms with van der Waals surface area (Å²) in [5.74, 6) is 1.85. The van der Waals surface area contributed by atoms with Gasteiger partial charge in [0.1, 0.15) is 17.7 Å². The van der Waals surface area contributed by atoms with Gasteiger partial charge in [-0.3, -0.25) is 9.59 Å². The quantitative estimate of drug-likeness (QED) is 0.299. The maximum atomic E-state index is 13.8. The molecular weight excluding hydrogens is 486 g/mol. The molecule has 0 aliphatic heterocycles. The van der Waals surface area contributed by atoms with E-state index in [9.17, 15) is 14.4 Å². The number of carbonyl (C=O) groups excluding carboxylic acids is 3. The SMILES string of the molecule is C#Cc1ccc(C(C(=O)NCc2ccccc2)N(CCCC)C(=O)C(CS)NC(=O)OC(C)(C)C)cc1. The Bertz CT molecular complexity index is 1080. The van der Waals surface area contributed by atoms with Gasteiger partial charge in [0.25, 0.3) is 0 Å². The van der Waals surface area contributed by atoms with Crippen molar-refractivity contribution in [2.45, 2.75) is 64.8 Å². The number of unbranched alkanes of at least 4 members (excludes halogenated alkanes) is 1. The van der Waals surface area contributed by atoms with Gasteiger partial charge in [0.2, 0.25) is 11.8 Å². The average Bonchev–Trinajstić information content (AvgIpc) is 2.87. The molecule has 7 nitrogen and oxygen atoms in total. The predicted octanol–water partition coefficient (Wildman–Crippen LogP) is 4.48. The number of amides is 3. The maximum Gasteiger partial charge on any atom is 0.408 e. The normalized spacial score (nSPS) is 12.5. The molecule has 37 heavy (non-hydrogen) atoms. The first kappa shape index (κ1) is 29.8. The molecule has 3 amide bonds. The summed E-state index contributed by atoms with van der Waals surface area (Å²) in [7, 11) is 0. The van der Waals surface area contributed by atoms with Gasteiger partial charge in [-0.1, -0.05) is 61.7 Å². The summed E-state index contributed by atoms with van der Waals surface area (Å²) in [4.78, 5) is 41.4. The van der Waals surface area contributed by atoms with Gasteiger partial charge in [-0.2, -0.15) is 12.6 Å². The van der Waals surface area contributed by atoms with Gasteiger partial charge in [0, 0.05) is 24.4 Å². The molecule has 0 aromatic heterocycles. The highest BCUT2D eigenvalue weighted by molar-refractivity contribution is 7.80. The molecule has 198 valence electrons. The van der Waals surface area contributed by atoms with E-state index in [0.29, 0.717) is 30.6 Å². The highest BCUT2D eigenvalue weighted by Gasteiger charge is 2.35. The van der Waals surface area contributed by atoms with Crippen LogP contribution in [0.2, 0.25) is 0 Å². The van der Waals surface area contributed by atoms with Gasteiger partial charge >= 0.3 is 6.09 Å². The van der Waals surface area contributed by atoms with Crippen molar-refractivity contribution in [1.29, 1.82) is 0 Å². The molecule has 0 saturated carbocycles. The lowest BCUT2D eigenvalue weighted by atomic mass is 10.0. The van der Waals surface area contributed by atoms with Crippen LogP contribution in [0.4, 0.5) is 4.79 Å². The van der Waals surface area contributed by atoms with E-state index in [1.165, 1.54) is 4.90 Å². The highest BCUT2D eigenvalue weighted by Crippen LogP contribution is 2.24. The van der Waals surface area contributed by atoms with Crippen molar-refractivity contribution >= 4 is 30.5 Å². The fourth-order valence-corrected chi connectivity index (χ4v) is 3.89. The third-order valence-corrected chi connectivity index (χ3v) is 5.84. The molecule has 8 heteroatoms. The zero-order valence-electron chi connectivity index (χ0n) is 22.0. The molecule has 0 aliphatic carbocycles. The highest BCUT2D eigenvalue weighted by atomic mass is 32.1. The number of carbonyl (C=O) groups is 3. The minimum Gasteiger partial charge on any atom is -0.444 e. The van der Waals surface area contributed by atoms with E-state index in [4.69, 9.17) is 11.2 Å². The third kappa shape index (κ3) is 9.51. The molecule has 0 spiro atoms. The fraction of sp³-hybridized carbons (Fsp3) is 0.414. The van der Waals surface area contributed by atoms with Crippen molar-refractivity contribution in [1.82, 2.24) is 15.5 Å². The van der Waals surface area contributed by atoms with Crippen LogP contribution in [0.1, 0.15) is 63.3 Å². The average molecular weight is 524 g/mol. The Hall–Kier alpha value is -3.44. The number of terminal acetylenes is 1. The van der Waals surface area contributed by atoms with Gasteiger partial charge in [-0.15, -0.1) is 6.42 Å². The van der Waals surface area contributed by atoms with Gasteiger partial charge < -0.3 is 20.3 Å². The topological polar surface area (TPSA) is 87.7 Å². The largest absolute Gasteiger partial charge is 0.444 e. The van der Waals surface area contributed by atoms with Crippen LogP contribution in [0, 0.1) is 12.3 Å². The monoisotopic (exact) mass is 523 g/mol. The number of nitrogens with one attached hydrogen (secondary N) is 2. The van der Waals surface area contributed by atoms with E-state index in [0.717, 1.165) is 12.0 Å².